The van der Waals surface area contributed by atoms with Gasteiger partial charge >= 0.3 is 0 Å². The summed E-state index contributed by atoms with van der Waals surface area (Å²) in [6, 6.07) is 15.4. The minimum Gasteiger partial charge on any atom is -0.307 e. The van der Waals surface area contributed by atoms with Gasteiger partial charge in [0.1, 0.15) is 0 Å². The van der Waals surface area contributed by atoms with Crippen LogP contribution in [0.4, 0.5) is 0 Å². The summed E-state index contributed by atoms with van der Waals surface area (Å²) >= 11 is 0. The van der Waals surface area contributed by atoms with Crippen molar-refractivity contribution in [3.63, 3.8) is 0 Å². The highest BCUT2D eigenvalue weighted by Gasteiger charge is 2.07. The number of aryl methyl sites for hydroxylation is 2. The van der Waals surface area contributed by atoms with Crippen molar-refractivity contribution in [3.8, 4) is 0 Å². The van der Waals surface area contributed by atoms with Crippen LogP contribution in [0.2, 0.25) is 0 Å². The summed E-state index contributed by atoms with van der Waals surface area (Å²) in [5, 5.41) is 3.57. The van der Waals surface area contributed by atoms with E-state index in [9.17, 15) is 0 Å². The lowest BCUT2D eigenvalue weighted by Gasteiger charge is -2.17. The molecule has 1 heteroatoms. The third-order valence-electron chi connectivity index (χ3n) is 4.01. The van der Waals surface area contributed by atoms with Gasteiger partial charge in [0.15, 0.2) is 0 Å². The SMILES string of the molecule is Cc1cccc(/C=C/CNC(C)c2cccc(C)c2C)c1. The summed E-state index contributed by atoms with van der Waals surface area (Å²) in [7, 11) is 0. The molecular formula is C20H25N. The molecule has 0 bridgehead atoms. The van der Waals surface area contributed by atoms with Gasteiger partial charge in [-0.15, -0.1) is 0 Å². The molecule has 1 atom stereocenters. The van der Waals surface area contributed by atoms with E-state index >= 15 is 0 Å². The van der Waals surface area contributed by atoms with E-state index in [1.54, 1.807) is 0 Å². The Balaban J connectivity index is 1.92. The number of rotatable bonds is 5. The predicted molar refractivity (Wildman–Crippen MR) is 92.5 cm³/mol. The van der Waals surface area contributed by atoms with Gasteiger partial charge in [-0.3, -0.25) is 0 Å². The van der Waals surface area contributed by atoms with Crippen LogP contribution in [-0.4, -0.2) is 6.54 Å². The van der Waals surface area contributed by atoms with Crippen LogP contribution in [0.25, 0.3) is 6.08 Å². The van der Waals surface area contributed by atoms with E-state index < -0.39 is 0 Å². The summed E-state index contributed by atoms with van der Waals surface area (Å²) in [6.07, 6.45) is 4.37. The van der Waals surface area contributed by atoms with Crippen LogP contribution in [0.1, 0.15) is 40.8 Å². The topological polar surface area (TPSA) is 12.0 Å². The first-order chi connectivity index (χ1) is 10.1. The first kappa shape index (κ1) is 15.5. The molecule has 0 saturated heterocycles. The zero-order valence-corrected chi connectivity index (χ0v) is 13.5. The Labute approximate surface area is 128 Å². The van der Waals surface area contributed by atoms with Crippen LogP contribution in [-0.2, 0) is 0 Å². The van der Waals surface area contributed by atoms with Crippen molar-refractivity contribution in [1.29, 1.82) is 0 Å². The molecule has 0 spiro atoms. The smallest absolute Gasteiger partial charge is 0.0297 e. The Kier molecular flexibility index (Phi) is 5.35. The minimum absolute atomic E-state index is 0.368. The Morgan fingerprint density at radius 3 is 2.57 bits per heavy atom. The number of nitrogens with one attached hydrogen (secondary N) is 1. The van der Waals surface area contributed by atoms with E-state index in [1.165, 1.54) is 27.8 Å². The fourth-order valence-corrected chi connectivity index (χ4v) is 2.57. The lowest BCUT2D eigenvalue weighted by molar-refractivity contribution is 0.614. The van der Waals surface area contributed by atoms with E-state index in [0.717, 1.165) is 6.54 Å². The lowest BCUT2D eigenvalue weighted by atomic mass is 9.98. The summed E-state index contributed by atoms with van der Waals surface area (Å²) in [5.41, 5.74) is 6.70. The van der Waals surface area contributed by atoms with Crippen molar-refractivity contribution in [2.75, 3.05) is 6.54 Å². The quantitative estimate of drug-likeness (QED) is 0.814. The van der Waals surface area contributed by atoms with Crippen molar-refractivity contribution in [2.24, 2.45) is 0 Å². The molecule has 1 nitrogen and oxygen atoms in total. The van der Waals surface area contributed by atoms with E-state index in [-0.39, 0.29) is 0 Å². The van der Waals surface area contributed by atoms with E-state index in [2.05, 4.69) is 87.6 Å². The fourth-order valence-electron chi connectivity index (χ4n) is 2.57. The molecule has 110 valence electrons. The molecule has 1 unspecified atom stereocenters. The highest BCUT2D eigenvalue weighted by Crippen LogP contribution is 2.19. The summed E-state index contributed by atoms with van der Waals surface area (Å²) < 4.78 is 0. The van der Waals surface area contributed by atoms with Crippen molar-refractivity contribution < 1.29 is 0 Å². The van der Waals surface area contributed by atoms with Crippen LogP contribution < -0.4 is 5.32 Å². The lowest BCUT2D eigenvalue weighted by Crippen LogP contribution is -2.19. The first-order valence-electron chi connectivity index (χ1n) is 7.60. The molecule has 0 radical (unpaired) electrons. The average Bonchev–Trinajstić information content (AvgIpc) is 2.46. The second-order valence-corrected chi connectivity index (χ2v) is 5.74. The molecule has 1 N–H and O–H groups in total. The molecule has 2 rings (SSSR count). The van der Waals surface area contributed by atoms with Gasteiger partial charge in [0.05, 0.1) is 0 Å². The maximum Gasteiger partial charge on any atom is 0.0297 e. The maximum absolute atomic E-state index is 3.57. The Bertz CT molecular complexity index is 625. The normalized spacial score (nSPS) is 12.8. The molecule has 0 amide bonds. The third-order valence-corrected chi connectivity index (χ3v) is 4.01. The van der Waals surface area contributed by atoms with Crippen LogP contribution in [0.3, 0.4) is 0 Å². The average molecular weight is 279 g/mol. The molecule has 0 saturated carbocycles. The van der Waals surface area contributed by atoms with Crippen molar-refractivity contribution in [1.82, 2.24) is 5.32 Å². The van der Waals surface area contributed by atoms with Gasteiger partial charge in [-0.05, 0) is 49.9 Å². The molecule has 0 aromatic heterocycles. The van der Waals surface area contributed by atoms with Crippen LogP contribution in [0.5, 0.6) is 0 Å². The molecule has 0 fully saturated rings. The van der Waals surface area contributed by atoms with Crippen molar-refractivity contribution in [3.05, 3.63) is 76.4 Å². The van der Waals surface area contributed by atoms with Crippen molar-refractivity contribution in [2.45, 2.75) is 33.7 Å². The summed E-state index contributed by atoms with van der Waals surface area (Å²) in [6.45, 7) is 9.59. The highest BCUT2D eigenvalue weighted by atomic mass is 14.9. The molecule has 0 aliphatic carbocycles. The van der Waals surface area contributed by atoms with E-state index in [1.807, 2.05) is 0 Å². The molecule has 0 heterocycles. The highest BCUT2D eigenvalue weighted by molar-refractivity contribution is 5.50. The van der Waals surface area contributed by atoms with Crippen LogP contribution >= 0.6 is 0 Å². The second kappa shape index (κ2) is 7.24. The fraction of sp³-hybridized carbons (Fsp3) is 0.300. The molecule has 0 aliphatic rings. The zero-order valence-electron chi connectivity index (χ0n) is 13.5. The van der Waals surface area contributed by atoms with Gasteiger partial charge in [0.25, 0.3) is 0 Å². The number of hydrogen-bond donors (Lipinski definition) is 1. The Hall–Kier alpha value is -1.86. The predicted octanol–water partition coefficient (Wildman–Crippen LogP) is 4.98. The van der Waals surface area contributed by atoms with Gasteiger partial charge in [-0.25, -0.2) is 0 Å². The molecular weight excluding hydrogens is 254 g/mol. The molecule has 2 aromatic carbocycles. The molecule has 2 aromatic rings. The monoisotopic (exact) mass is 279 g/mol. The van der Waals surface area contributed by atoms with Gasteiger partial charge < -0.3 is 5.32 Å². The van der Waals surface area contributed by atoms with Gasteiger partial charge in [-0.1, -0.05) is 60.2 Å². The standard InChI is InChI=1S/C20H25N/c1-15-8-5-10-19(14-15)11-7-13-21-18(4)20-12-6-9-16(2)17(20)3/h5-12,14,18,21H,13H2,1-4H3/b11-7+. The number of benzene rings is 2. The summed E-state index contributed by atoms with van der Waals surface area (Å²) in [5.74, 6) is 0. The van der Waals surface area contributed by atoms with Crippen molar-refractivity contribution >= 4 is 6.08 Å². The number of hydrogen-bond acceptors (Lipinski definition) is 1. The summed E-state index contributed by atoms with van der Waals surface area (Å²) in [4.78, 5) is 0. The van der Waals surface area contributed by atoms with Crippen LogP contribution in [0.15, 0.2) is 48.5 Å². The van der Waals surface area contributed by atoms with Gasteiger partial charge in [0, 0.05) is 12.6 Å². The van der Waals surface area contributed by atoms with Gasteiger partial charge in [0.2, 0.25) is 0 Å². The maximum atomic E-state index is 3.57. The second-order valence-electron chi connectivity index (χ2n) is 5.74. The Morgan fingerprint density at radius 1 is 1.05 bits per heavy atom. The first-order valence-corrected chi connectivity index (χ1v) is 7.60. The van der Waals surface area contributed by atoms with E-state index in [0.29, 0.717) is 6.04 Å². The van der Waals surface area contributed by atoms with Gasteiger partial charge in [-0.2, -0.15) is 0 Å². The van der Waals surface area contributed by atoms with Crippen LogP contribution in [0, 0.1) is 20.8 Å². The largest absolute Gasteiger partial charge is 0.307 e. The molecule has 21 heavy (non-hydrogen) atoms. The Morgan fingerprint density at radius 2 is 1.81 bits per heavy atom. The zero-order chi connectivity index (χ0) is 15.2. The molecule has 0 aliphatic heterocycles. The van der Waals surface area contributed by atoms with E-state index in [4.69, 9.17) is 0 Å². The minimum atomic E-state index is 0.368. The third kappa shape index (κ3) is 4.30.